The van der Waals surface area contributed by atoms with Gasteiger partial charge in [-0.3, -0.25) is 0 Å². The fourth-order valence-electron chi connectivity index (χ4n) is 4.01. The highest BCUT2D eigenvalue weighted by molar-refractivity contribution is 5.85. The molecule has 1 aromatic rings. The summed E-state index contributed by atoms with van der Waals surface area (Å²) >= 11 is 0. The number of benzene rings is 1. The summed E-state index contributed by atoms with van der Waals surface area (Å²) in [6.07, 6.45) is 16.0. The number of unbranched alkanes of at least 4 members (excludes halogenated alkanes) is 6. The molecule has 0 aliphatic carbocycles. The fraction of sp³-hybridized carbons (Fsp3) is 0.700. The molecule has 0 aromatic heterocycles. The molecule has 1 rings (SSSR count). The maximum atomic E-state index is 11.2. The van der Waals surface area contributed by atoms with Crippen molar-refractivity contribution in [3.8, 4) is 17.2 Å². The molecule has 0 bridgehead atoms. The standard InChI is InChI=1S/C30H50O5/c1-7-10-13-16-23(4)33-27-21-26(19-20-29(31)32)22-28(34-24(5)17-14-11-8-2)30(27)35-25(6)18-15-12-9-3/h19-25H,7-18H2,1-6H3,(H,31,32)/b20-19+. The zero-order valence-electron chi connectivity index (χ0n) is 23.1. The summed E-state index contributed by atoms with van der Waals surface area (Å²) in [4.78, 5) is 11.2. The third kappa shape index (κ3) is 13.5. The van der Waals surface area contributed by atoms with E-state index in [1.165, 1.54) is 38.5 Å². The Balaban J connectivity index is 3.30. The van der Waals surface area contributed by atoms with E-state index in [1.807, 2.05) is 12.1 Å². The van der Waals surface area contributed by atoms with E-state index in [0.29, 0.717) is 17.2 Å². The Bertz CT molecular complexity index is 703. The molecule has 0 saturated heterocycles. The van der Waals surface area contributed by atoms with Gasteiger partial charge >= 0.3 is 5.97 Å². The Labute approximate surface area is 214 Å². The lowest BCUT2D eigenvalue weighted by Crippen LogP contribution is -2.18. The second-order valence-electron chi connectivity index (χ2n) is 9.79. The van der Waals surface area contributed by atoms with Gasteiger partial charge in [-0.1, -0.05) is 59.3 Å². The number of ether oxygens (including phenoxy) is 3. The molecule has 0 heterocycles. The van der Waals surface area contributed by atoms with Crippen molar-refractivity contribution < 1.29 is 24.1 Å². The Hall–Kier alpha value is -2.17. The fourth-order valence-corrected chi connectivity index (χ4v) is 4.01. The van der Waals surface area contributed by atoms with E-state index in [-0.39, 0.29) is 18.3 Å². The van der Waals surface area contributed by atoms with Crippen LogP contribution in [-0.4, -0.2) is 29.4 Å². The second-order valence-corrected chi connectivity index (χ2v) is 9.79. The second kappa shape index (κ2) is 18.1. The molecular formula is C30H50O5. The highest BCUT2D eigenvalue weighted by Gasteiger charge is 2.21. The van der Waals surface area contributed by atoms with Gasteiger partial charge in [0.15, 0.2) is 11.5 Å². The monoisotopic (exact) mass is 490 g/mol. The summed E-state index contributed by atoms with van der Waals surface area (Å²) in [6, 6.07) is 3.75. The molecule has 5 nitrogen and oxygen atoms in total. The molecule has 3 unspecified atom stereocenters. The third-order valence-electron chi connectivity index (χ3n) is 6.08. The molecule has 200 valence electrons. The number of rotatable bonds is 20. The summed E-state index contributed by atoms with van der Waals surface area (Å²) in [5.41, 5.74) is 0.727. The predicted molar refractivity (Wildman–Crippen MR) is 146 cm³/mol. The summed E-state index contributed by atoms with van der Waals surface area (Å²) < 4.78 is 19.3. The molecule has 3 atom stereocenters. The highest BCUT2D eigenvalue weighted by Crippen LogP contribution is 2.42. The SMILES string of the molecule is CCCCCC(C)Oc1cc(/C=C/C(=O)O)cc(OC(C)CCCCC)c1OC(C)CCCCC. The number of aliphatic carboxylic acids is 1. The normalized spacial score (nSPS) is 14.0. The zero-order chi connectivity index (χ0) is 26.1. The zero-order valence-corrected chi connectivity index (χ0v) is 23.1. The van der Waals surface area contributed by atoms with Crippen molar-refractivity contribution in [2.75, 3.05) is 0 Å². The van der Waals surface area contributed by atoms with E-state index in [9.17, 15) is 4.79 Å². The first-order valence-electron chi connectivity index (χ1n) is 13.9. The van der Waals surface area contributed by atoms with Gasteiger partial charge in [-0.2, -0.15) is 0 Å². The van der Waals surface area contributed by atoms with Crippen LogP contribution in [-0.2, 0) is 4.79 Å². The van der Waals surface area contributed by atoms with Gasteiger partial charge in [0.25, 0.3) is 0 Å². The Morgan fingerprint density at radius 2 is 1.14 bits per heavy atom. The lowest BCUT2D eigenvalue weighted by molar-refractivity contribution is -0.131. The minimum absolute atomic E-state index is 0.0211. The van der Waals surface area contributed by atoms with Crippen LogP contribution >= 0.6 is 0 Å². The Morgan fingerprint density at radius 1 is 0.743 bits per heavy atom. The molecule has 0 spiro atoms. The molecule has 35 heavy (non-hydrogen) atoms. The molecular weight excluding hydrogens is 440 g/mol. The molecule has 0 fully saturated rings. The molecule has 0 radical (unpaired) electrons. The van der Waals surface area contributed by atoms with Gasteiger partial charge < -0.3 is 19.3 Å². The van der Waals surface area contributed by atoms with E-state index in [4.69, 9.17) is 19.3 Å². The Kier molecular flexibility index (Phi) is 16.0. The van der Waals surface area contributed by atoms with E-state index >= 15 is 0 Å². The number of carbonyl (C=O) groups is 1. The Morgan fingerprint density at radius 3 is 1.51 bits per heavy atom. The number of hydrogen-bond acceptors (Lipinski definition) is 4. The summed E-state index contributed by atoms with van der Waals surface area (Å²) in [7, 11) is 0. The van der Waals surface area contributed by atoms with Crippen molar-refractivity contribution >= 4 is 12.0 Å². The van der Waals surface area contributed by atoms with Gasteiger partial charge in [-0.05, 0) is 83.1 Å². The van der Waals surface area contributed by atoms with Crippen molar-refractivity contribution in [2.24, 2.45) is 0 Å². The minimum atomic E-state index is -0.985. The van der Waals surface area contributed by atoms with E-state index < -0.39 is 5.97 Å². The van der Waals surface area contributed by atoms with Crippen LogP contribution in [0.25, 0.3) is 6.08 Å². The number of hydrogen-bond donors (Lipinski definition) is 1. The van der Waals surface area contributed by atoms with Gasteiger partial charge in [-0.25, -0.2) is 4.79 Å². The van der Waals surface area contributed by atoms with Crippen LogP contribution in [0.1, 0.15) is 124 Å². The maximum absolute atomic E-state index is 11.2. The van der Waals surface area contributed by atoms with E-state index in [2.05, 4.69) is 41.5 Å². The molecule has 1 N–H and O–H groups in total. The lowest BCUT2D eigenvalue weighted by Gasteiger charge is -2.25. The minimum Gasteiger partial charge on any atom is -0.487 e. The summed E-state index contributed by atoms with van der Waals surface area (Å²) in [5.74, 6) is 0.895. The smallest absolute Gasteiger partial charge is 0.328 e. The number of carboxylic acids is 1. The summed E-state index contributed by atoms with van der Waals surface area (Å²) in [5, 5.41) is 9.15. The maximum Gasteiger partial charge on any atom is 0.328 e. The van der Waals surface area contributed by atoms with Crippen LogP contribution in [0.4, 0.5) is 0 Å². The van der Waals surface area contributed by atoms with E-state index in [1.54, 1.807) is 6.08 Å². The first kappa shape index (κ1) is 30.9. The van der Waals surface area contributed by atoms with Gasteiger partial charge in [0.05, 0.1) is 18.3 Å². The quantitative estimate of drug-likeness (QED) is 0.146. The van der Waals surface area contributed by atoms with Crippen LogP contribution in [0.3, 0.4) is 0 Å². The lowest BCUT2D eigenvalue weighted by atomic mass is 10.1. The average Bonchev–Trinajstić information content (AvgIpc) is 2.80. The molecule has 0 amide bonds. The first-order chi connectivity index (χ1) is 16.8. The van der Waals surface area contributed by atoms with Gasteiger partial charge in [0.1, 0.15) is 0 Å². The van der Waals surface area contributed by atoms with Crippen LogP contribution in [0.2, 0.25) is 0 Å². The van der Waals surface area contributed by atoms with E-state index in [0.717, 1.165) is 50.2 Å². The van der Waals surface area contributed by atoms with Crippen molar-refractivity contribution in [3.05, 3.63) is 23.8 Å². The molecule has 5 heteroatoms. The molecule has 0 aliphatic heterocycles. The van der Waals surface area contributed by atoms with Crippen LogP contribution < -0.4 is 14.2 Å². The van der Waals surface area contributed by atoms with Crippen molar-refractivity contribution in [1.82, 2.24) is 0 Å². The van der Waals surface area contributed by atoms with Gasteiger partial charge in [0, 0.05) is 6.08 Å². The largest absolute Gasteiger partial charge is 0.487 e. The average molecular weight is 491 g/mol. The van der Waals surface area contributed by atoms with Crippen molar-refractivity contribution in [1.29, 1.82) is 0 Å². The van der Waals surface area contributed by atoms with Crippen LogP contribution in [0.5, 0.6) is 17.2 Å². The molecule has 1 aromatic carbocycles. The van der Waals surface area contributed by atoms with Crippen molar-refractivity contribution in [3.63, 3.8) is 0 Å². The highest BCUT2D eigenvalue weighted by atomic mass is 16.6. The van der Waals surface area contributed by atoms with Gasteiger partial charge in [0.2, 0.25) is 5.75 Å². The topological polar surface area (TPSA) is 65.0 Å². The van der Waals surface area contributed by atoms with Gasteiger partial charge in [-0.15, -0.1) is 0 Å². The summed E-state index contributed by atoms with van der Waals surface area (Å²) in [6.45, 7) is 12.8. The van der Waals surface area contributed by atoms with Crippen LogP contribution in [0, 0.1) is 0 Å². The third-order valence-corrected chi connectivity index (χ3v) is 6.08. The molecule has 0 aliphatic rings. The first-order valence-corrected chi connectivity index (χ1v) is 13.9. The van der Waals surface area contributed by atoms with Crippen LogP contribution in [0.15, 0.2) is 18.2 Å². The molecule has 0 saturated carbocycles. The van der Waals surface area contributed by atoms with Crippen molar-refractivity contribution in [2.45, 2.75) is 137 Å². The predicted octanol–water partition coefficient (Wildman–Crippen LogP) is 8.83. The number of carboxylic acid groups (broad SMARTS) is 1.